The average molecular weight is 343 g/mol. The minimum atomic E-state index is -0.655. The van der Waals surface area contributed by atoms with Crippen LogP contribution < -0.4 is 4.74 Å². The summed E-state index contributed by atoms with van der Waals surface area (Å²) >= 11 is 1.34. The number of para-hydroxylation sites is 2. The number of fused-ring (bicyclic) bond motifs is 1. The van der Waals surface area contributed by atoms with Crippen LogP contribution >= 0.6 is 11.8 Å². The Morgan fingerprint density at radius 2 is 2.00 bits per heavy atom. The third-order valence-corrected chi connectivity index (χ3v) is 4.35. The van der Waals surface area contributed by atoms with E-state index in [4.69, 9.17) is 9.15 Å². The van der Waals surface area contributed by atoms with Gasteiger partial charge in [0.2, 0.25) is 0 Å². The second kappa shape index (κ2) is 7.51. The summed E-state index contributed by atoms with van der Waals surface area (Å²) < 4.78 is 11.1. The highest BCUT2D eigenvalue weighted by Gasteiger charge is 2.11. The predicted octanol–water partition coefficient (Wildman–Crippen LogP) is 3.56. The molecule has 24 heavy (non-hydrogen) atoms. The molecule has 0 amide bonds. The van der Waals surface area contributed by atoms with Crippen LogP contribution in [0.2, 0.25) is 0 Å². The van der Waals surface area contributed by atoms with Crippen molar-refractivity contribution in [1.29, 1.82) is 0 Å². The molecule has 1 atom stereocenters. The van der Waals surface area contributed by atoms with E-state index in [9.17, 15) is 9.90 Å². The first-order valence-corrected chi connectivity index (χ1v) is 8.50. The maximum Gasteiger partial charge on any atom is 0.256 e. The second-order valence-electron chi connectivity index (χ2n) is 5.30. The zero-order valence-corrected chi connectivity index (χ0v) is 14.0. The van der Waals surface area contributed by atoms with Crippen molar-refractivity contribution in [2.24, 2.45) is 0 Å². The van der Waals surface area contributed by atoms with Gasteiger partial charge < -0.3 is 14.3 Å². The Balaban J connectivity index is 1.48. The van der Waals surface area contributed by atoms with Crippen molar-refractivity contribution in [1.82, 2.24) is 4.98 Å². The van der Waals surface area contributed by atoms with E-state index in [-0.39, 0.29) is 12.4 Å². The summed E-state index contributed by atoms with van der Waals surface area (Å²) in [6, 6.07) is 14.4. The van der Waals surface area contributed by atoms with Crippen molar-refractivity contribution in [3.8, 4) is 5.75 Å². The van der Waals surface area contributed by atoms with E-state index in [1.54, 1.807) is 24.3 Å². The van der Waals surface area contributed by atoms with Crippen LogP contribution in [-0.2, 0) is 0 Å². The first-order chi connectivity index (χ1) is 11.6. The Kier molecular flexibility index (Phi) is 5.17. The molecule has 0 aliphatic heterocycles. The summed E-state index contributed by atoms with van der Waals surface area (Å²) in [6.07, 6.45) is -0.655. The van der Waals surface area contributed by atoms with Gasteiger partial charge in [-0.2, -0.15) is 0 Å². The number of aromatic nitrogens is 1. The lowest BCUT2D eigenvalue weighted by Crippen LogP contribution is -2.20. The summed E-state index contributed by atoms with van der Waals surface area (Å²) in [7, 11) is 0. The Hall–Kier alpha value is -2.31. The molecule has 1 heterocycles. The second-order valence-corrected chi connectivity index (χ2v) is 6.28. The fraction of sp³-hybridized carbons (Fsp3) is 0.222. The van der Waals surface area contributed by atoms with Gasteiger partial charge in [-0.25, -0.2) is 4.98 Å². The van der Waals surface area contributed by atoms with Crippen molar-refractivity contribution in [3.05, 3.63) is 54.1 Å². The number of benzene rings is 2. The number of hydrogen-bond acceptors (Lipinski definition) is 6. The molecule has 0 spiro atoms. The number of rotatable bonds is 7. The quantitative estimate of drug-likeness (QED) is 0.522. The summed E-state index contributed by atoms with van der Waals surface area (Å²) in [5.41, 5.74) is 2.17. The maximum atomic E-state index is 11.2. The van der Waals surface area contributed by atoms with Gasteiger partial charge in [0.1, 0.15) is 17.9 Å². The van der Waals surface area contributed by atoms with Crippen molar-refractivity contribution >= 4 is 28.6 Å². The van der Waals surface area contributed by atoms with Gasteiger partial charge in [0.05, 0.1) is 6.10 Å². The molecule has 3 rings (SSSR count). The predicted molar refractivity (Wildman–Crippen MR) is 92.7 cm³/mol. The Labute approximate surface area is 143 Å². The van der Waals surface area contributed by atoms with Crippen molar-refractivity contribution in [3.63, 3.8) is 0 Å². The number of thioether (sulfide) groups is 1. The number of carbonyl (C=O) groups is 1. The lowest BCUT2D eigenvalue weighted by atomic mass is 10.1. The molecule has 2 aromatic carbocycles. The van der Waals surface area contributed by atoms with Crippen LogP contribution in [0.3, 0.4) is 0 Å². The third-order valence-electron chi connectivity index (χ3n) is 3.38. The highest BCUT2D eigenvalue weighted by atomic mass is 32.2. The number of aliphatic hydroxyl groups excluding tert-OH is 1. The molecule has 124 valence electrons. The first kappa shape index (κ1) is 16.5. The fourth-order valence-corrected chi connectivity index (χ4v) is 2.85. The molecule has 1 aromatic heterocycles. The molecule has 0 saturated heterocycles. The van der Waals surface area contributed by atoms with Gasteiger partial charge in [-0.15, -0.1) is 0 Å². The molecule has 0 bridgehead atoms. The van der Waals surface area contributed by atoms with Gasteiger partial charge in [-0.1, -0.05) is 23.9 Å². The molecule has 0 saturated carbocycles. The van der Waals surface area contributed by atoms with Crippen LogP contribution in [0.15, 0.2) is 58.2 Å². The van der Waals surface area contributed by atoms with Crippen LogP contribution in [0.4, 0.5) is 0 Å². The number of ether oxygens (including phenoxy) is 1. The molecular formula is C18H17NO4S. The zero-order valence-electron chi connectivity index (χ0n) is 13.1. The standard InChI is InChI=1S/C18H17NO4S/c1-12(20)13-6-8-15(9-7-13)22-10-14(21)11-24-18-19-16-4-2-3-5-17(16)23-18/h2-9,14,21H,10-11H2,1H3/t14-/m1/s1. The van der Waals surface area contributed by atoms with E-state index in [0.29, 0.717) is 22.3 Å². The highest BCUT2D eigenvalue weighted by molar-refractivity contribution is 7.99. The van der Waals surface area contributed by atoms with E-state index in [1.165, 1.54) is 18.7 Å². The van der Waals surface area contributed by atoms with E-state index in [1.807, 2.05) is 24.3 Å². The molecule has 5 nitrogen and oxygen atoms in total. The normalized spacial score (nSPS) is 12.2. The van der Waals surface area contributed by atoms with Crippen molar-refractivity contribution < 1.29 is 19.1 Å². The summed E-state index contributed by atoms with van der Waals surface area (Å²) in [6.45, 7) is 1.68. The highest BCUT2D eigenvalue weighted by Crippen LogP contribution is 2.23. The van der Waals surface area contributed by atoms with Crippen LogP contribution in [0, 0.1) is 0 Å². The van der Waals surface area contributed by atoms with Crippen molar-refractivity contribution in [2.75, 3.05) is 12.4 Å². The van der Waals surface area contributed by atoms with Gasteiger partial charge in [0.25, 0.3) is 5.22 Å². The summed E-state index contributed by atoms with van der Waals surface area (Å²) in [5.74, 6) is 1.04. The van der Waals surface area contributed by atoms with Crippen molar-refractivity contribution in [2.45, 2.75) is 18.3 Å². The fourth-order valence-electron chi connectivity index (χ4n) is 2.11. The summed E-state index contributed by atoms with van der Waals surface area (Å²) in [5, 5.41) is 10.5. The number of nitrogens with zero attached hydrogens (tertiary/aromatic N) is 1. The van der Waals surface area contributed by atoms with Gasteiger partial charge in [0, 0.05) is 11.3 Å². The molecule has 6 heteroatoms. The molecule has 3 aromatic rings. The molecule has 0 fully saturated rings. The molecular weight excluding hydrogens is 326 g/mol. The maximum absolute atomic E-state index is 11.2. The Morgan fingerprint density at radius 1 is 1.25 bits per heavy atom. The van der Waals surface area contributed by atoms with E-state index < -0.39 is 6.10 Å². The largest absolute Gasteiger partial charge is 0.491 e. The minimum absolute atomic E-state index is 0.0105. The zero-order chi connectivity index (χ0) is 16.9. The smallest absolute Gasteiger partial charge is 0.256 e. The number of oxazole rings is 1. The van der Waals surface area contributed by atoms with E-state index >= 15 is 0 Å². The van der Waals surface area contributed by atoms with Crippen LogP contribution in [0.1, 0.15) is 17.3 Å². The number of Topliss-reactive ketones (excluding diaryl/α,β-unsaturated/α-hetero) is 1. The molecule has 0 aliphatic rings. The monoisotopic (exact) mass is 343 g/mol. The van der Waals surface area contributed by atoms with Crippen LogP contribution in [-0.4, -0.2) is 34.3 Å². The third kappa shape index (κ3) is 4.15. The Morgan fingerprint density at radius 3 is 2.71 bits per heavy atom. The first-order valence-electron chi connectivity index (χ1n) is 7.52. The number of carbonyl (C=O) groups excluding carboxylic acids is 1. The number of hydrogen-bond donors (Lipinski definition) is 1. The molecule has 0 unspecified atom stereocenters. The number of ketones is 1. The molecule has 0 radical (unpaired) electrons. The average Bonchev–Trinajstić information content (AvgIpc) is 3.01. The van der Waals surface area contributed by atoms with E-state index in [0.717, 1.165) is 11.1 Å². The van der Waals surface area contributed by atoms with Gasteiger partial charge in [-0.3, -0.25) is 4.79 Å². The number of aliphatic hydroxyl groups is 1. The lowest BCUT2D eigenvalue weighted by molar-refractivity contribution is 0.101. The summed E-state index contributed by atoms with van der Waals surface area (Å²) in [4.78, 5) is 15.6. The van der Waals surface area contributed by atoms with Crippen LogP contribution in [0.25, 0.3) is 11.1 Å². The van der Waals surface area contributed by atoms with E-state index in [2.05, 4.69) is 4.98 Å². The minimum Gasteiger partial charge on any atom is -0.491 e. The topological polar surface area (TPSA) is 72.6 Å². The van der Waals surface area contributed by atoms with Gasteiger partial charge >= 0.3 is 0 Å². The van der Waals surface area contributed by atoms with Gasteiger partial charge in [0.15, 0.2) is 11.4 Å². The lowest BCUT2D eigenvalue weighted by Gasteiger charge is -2.11. The Bertz CT molecular complexity index is 795. The molecule has 1 N–H and O–H groups in total. The van der Waals surface area contributed by atoms with Gasteiger partial charge in [-0.05, 0) is 43.3 Å². The van der Waals surface area contributed by atoms with Crippen LogP contribution in [0.5, 0.6) is 5.75 Å². The SMILES string of the molecule is CC(=O)c1ccc(OC[C@@H](O)CSc2nc3ccccc3o2)cc1. The molecule has 0 aliphatic carbocycles.